The first-order chi connectivity index (χ1) is 14.4. The van der Waals surface area contributed by atoms with E-state index in [4.69, 9.17) is 4.74 Å². The number of sulfone groups is 1. The highest BCUT2D eigenvalue weighted by Crippen LogP contribution is 2.18. The second kappa shape index (κ2) is 10.2. The molecule has 1 aliphatic heterocycles. The van der Waals surface area contributed by atoms with Crippen LogP contribution in [-0.2, 0) is 25.8 Å². The van der Waals surface area contributed by atoms with E-state index in [9.17, 15) is 17.6 Å². The van der Waals surface area contributed by atoms with Gasteiger partial charge in [0.2, 0.25) is 0 Å². The van der Waals surface area contributed by atoms with Crippen LogP contribution in [0, 0.1) is 5.13 Å². The summed E-state index contributed by atoms with van der Waals surface area (Å²) in [5.74, 6) is -0.296. The van der Waals surface area contributed by atoms with Crippen molar-refractivity contribution in [1.82, 2.24) is 9.99 Å². The molecule has 0 bridgehead atoms. The van der Waals surface area contributed by atoms with Crippen LogP contribution in [0.4, 0.5) is 4.39 Å². The lowest BCUT2D eigenvalue weighted by Gasteiger charge is -2.14. The number of methoxy groups -OCH3 is 1. The van der Waals surface area contributed by atoms with Gasteiger partial charge >= 0.3 is 0 Å². The summed E-state index contributed by atoms with van der Waals surface area (Å²) >= 11 is 0.830. The summed E-state index contributed by atoms with van der Waals surface area (Å²) in [6, 6.07) is 6.18. The van der Waals surface area contributed by atoms with Gasteiger partial charge in [-0.2, -0.15) is 9.49 Å². The van der Waals surface area contributed by atoms with Crippen molar-refractivity contribution >= 4 is 32.7 Å². The molecule has 1 aromatic carbocycles. The normalized spacial score (nSPS) is 15.0. The number of hydrogen-bond acceptors (Lipinski definition) is 8. The van der Waals surface area contributed by atoms with Crippen LogP contribution in [0.2, 0.25) is 0 Å². The molecule has 1 saturated heterocycles. The SMILES string of the molecule is COCCCS(=O)(=O)c1ccc(/C(=N\N2CCCC2)C(=O)Cc2ncc(F)s2)cc1. The fraction of sp³-hybridized carbons (Fsp3) is 0.450. The predicted octanol–water partition coefficient (Wildman–Crippen LogP) is 2.70. The first-order valence-corrected chi connectivity index (χ1v) is 12.1. The number of benzene rings is 1. The van der Waals surface area contributed by atoms with E-state index in [1.54, 1.807) is 12.1 Å². The molecule has 0 spiro atoms. The van der Waals surface area contributed by atoms with Crippen LogP contribution in [0.3, 0.4) is 0 Å². The molecular formula is C20H24FN3O4S2. The van der Waals surface area contributed by atoms with Crippen molar-refractivity contribution in [2.45, 2.75) is 30.6 Å². The van der Waals surface area contributed by atoms with Gasteiger partial charge in [-0.3, -0.25) is 9.80 Å². The van der Waals surface area contributed by atoms with Gasteiger partial charge in [-0.05, 0) is 31.4 Å². The molecule has 0 N–H and O–H groups in total. The Morgan fingerprint density at radius 1 is 1.27 bits per heavy atom. The number of halogens is 1. The van der Waals surface area contributed by atoms with E-state index in [0.717, 1.165) is 43.5 Å². The molecular weight excluding hydrogens is 429 g/mol. The third-order valence-corrected chi connectivity index (χ3v) is 7.28. The van der Waals surface area contributed by atoms with Gasteiger partial charge in [-0.15, -0.1) is 0 Å². The van der Waals surface area contributed by atoms with Crippen molar-refractivity contribution in [2.24, 2.45) is 5.10 Å². The van der Waals surface area contributed by atoms with Gasteiger partial charge in [0, 0.05) is 32.4 Å². The number of carbonyl (C=O) groups excluding carboxylic acids is 1. The van der Waals surface area contributed by atoms with Crippen LogP contribution in [0.15, 0.2) is 40.5 Å². The van der Waals surface area contributed by atoms with E-state index in [0.29, 0.717) is 23.6 Å². The van der Waals surface area contributed by atoms with Crippen molar-refractivity contribution in [3.05, 3.63) is 46.2 Å². The molecule has 2 aromatic rings. The third-order valence-electron chi connectivity index (χ3n) is 4.67. The zero-order chi connectivity index (χ0) is 21.6. The number of rotatable bonds is 10. The lowest BCUT2D eigenvalue weighted by atomic mass is 10.0. The largest absolute Gasteiger partial charge is 0.385 e. The van der Waals surface area contributed by atoms with Gasteiger partial charge in [-0.1, -0.05) is 23.5 Å². The molecule has 162 valence electrons. The summed E-state index contributed by atoms with van der Waals surface area (Å²) in [6.07, 6.45) is 3.44. The van der Waals surface area contributed by atoms with Crippen LogP contribution < -0.4 is 0 Å². The number of thiazole rings is 1. The Morgan fingerprint density at radius 3 is 2.57 bits per heavy atom. The topological polar surface area (TPSA) is 88.9 Å². The van der Waals surface area contributed by atoms with Crippen LogP contribution in [-0.4, -0.2) is 62.5 Å². The molecule has 1 aromatic heterocycles. The van der Waals surface area contributed by atoms with E-state index in [1.807, 2.05) is 5.01 Å². The third kappa shape index (κ3) is 5.93. The Balaban J connectivity index is 1.83. The Labute approximate surface area is 179 Å². The highest BCUT2D eigenvalue weighted by molar-refractivity contribution is 7.91. The van der Waals surface area contributed by atoms with Crippen LogP contribution in [0.25, 0.3) is 0 Å². The second-order valence-electron chi connectivity index (χ2n) is 6.96. The van der Waals surface area contributed by atoms with Crippen molar-refractivity contribution < 1.29 is 22.3 Å². The summed E-state index contributed by atoms with van der Waals surface area (Å²) in [5.41, 5.74) is 0.760. The first-order valence-electron chi connectivity index (χ1n) is 9.68. The minimum Gasteiger partial charge on any atom is -0.385 e. The lowest BCUT2D eigenvalue weighted by Crippen LogP contribution is -2.23. The minimum absolute atomic E-state index is 0.0105. The lowest BCUT2D eigenvalue weighted by molar-refractivity contribution is -0.112. The van der Waals surface area contributed by atoms with Gasteiger partial charge < -0.3 is 4.74 Å². The summed E-state index contributed by atoms with van der Waals surface area (Å²) in [5, 5.41) is 6.29. The van der Waals surface area contributed by atoms with Crippen LogP contribution >= 0.6 is 11.3 Å². The maximum absolute atomic E-state index is 13.2. The van der Waals surface area contributed by atoms with Gasteiger partial charge in [-0.25, -0.2) is 13.4 Å². The van der Waals surface area contributed by atoms with Crippen molar-refractivity contribution in [3.63, 3.8) is 0 Å². The average Bonchev–Trinajstić information content (AvgIpc) is 3.38. The quantitative estimate of drug-likeness (QED) is 0.406. The molecule has 1 aliphatic rings. The van der Waals surface area contributed by atoms with E-state index in [2.05, 4.69) is 10.1 Å². The number of ketones is 1. The molecule has 0 unspecified atom stereocenters. The number of Topliss-reactive ketones (excluding diaryl/α,β-unsaturated/α-hetero) is 1. The number of nitrogens with zero attached hydrogens (tertiary/aromatic N) is 3. The second-order valence-corrected chi connectivity index (χ2v) is 10.1. The number of aromatic nitrogens is 1. The molecule has 2 heterocycles. The summed E-state index contributed by atoms with van der Waals surface area (Å²) in [6.45, 7) is 1.89. The van der Waals surface area contributed by atoms with Gasteiger partial charge in [0.05, 0.1) is 23.3 Å². The molecule has 3 rings (SSSR count). The zero-order valence-corrected chi connectivity index (χ0v) is 18.3. The van der Waals surface area contributed by atoms with E-state index in [1.165, 1.54) is 19.2 Å². The van der Waals surface area contributed by atoms with Gasteiger partial charge in [0.25, 0.3) is 0 Å². The maximum Gasteiger partial charge on any atom is 0.196 e. The number of ether oxygens (including phenoxy) is 1. The number of carbonyl (C=O) groups is 1. The van der Waals surface area contributed by atoms with E-state index >= 15 is 0 Å². The predicted molar refractivity (Wildman–Crippen MR) is 113 cm³/mol. The average molecular weight is 454 g/mol. The molecule has 0 saturated carbocycles. The summed E-state index contributed by atoms with van der Waals surface area (Å²) < 4.78 is 43.0. The highest BCUT2D eigenvalue weighted by atomic mass is 32.2. The van der Waals surface area contributed by atoms with Crippen molar-refractivity contribution in [1.29, 1.82) is 0 Å². The number of hydrazone groups is 1. The molecule has 0 radical (unpaired) electrons. The van der Waals surface area contributed by atoms with Crippen molar-refractivity contribution in [3.8, 4) is 0 Å². The molecule has 7 nitrogen and oxygen atoms in total. The molecule has 0 amide bonds. The van der Waals surface area contributed by atoms with E-state index in [-0.39, 0.29) is 28.6 Å². The highest BCUT2D eigenvalue weighted by Gasteiger charge is 2.21. The molecule has 30 heavy (non-hydrogen) atoms. The van der Waals surface area contributed by atoms with Crippen molar-refractivity contribution in [2.75, 3.05) is 32.6 Å². The smallest absolute Gasteiger partial charge is 0.196 e. The van der Waals surface area contributed by atoms with Crippen LogP contribution in [0.5, 0.6) is 0 Å². The first kappa shape index (κ1) is 22.5. The Bertz CT molecular complexity index is 997. The maximum atomic E-state index is 13.2. The molecule has 1 fully saturated rings. The fourth-order valence-corrected chi connectivity index (χ4v) is 5.06. The Kier molecular flexibility index (Phi) is 7.68. The molecule has 0 aliphatic carbocycles. The minimum atomic E-state index is -3.43. The monoisotopic (exact) mass is 453 g/mol. The molecule has 0 atom stereocenters. The van der Waals surface area contributed by atoms with E-state index < -0.39 is 15.0 Å². The Hall–Kier alpha value is -2.17. The molecule has 10 heteroatoms. The summed E-state index contributed by atoms with van der Waals surface area (Å²) in [4.78, 5) is 17.0. The summed E-state index contributed by atoms with van der Waals surface area (Å²) in [7, 11) is -1.90. The standard InChI is InChI=1S/C20H24FN3O4S2/c1-28-11-4-12-30(26,27)16-7-5-15(6-8-16)20(23-24-9-2-3-10-24)17(25)13-19-22-14-18(21)29-19/h5-8,14H,2-4,9-13H2,1H3/b23-20+. The Morgan fingerprint density at radius 2 is 1.97 bits per heavy atom. The van der Waals surface area contributed by atoms with Gasteiger partial charge in [0.1, 0.15) is 10.7 Å². The van der Waals surface area contributed by atoms with Gasteiger partial charge in [0.15, 0.2) is 20.8 Å². The zero-order valence-electron chi connectivity index (χ0n) is 16.7. The fourth-order valence-electron chi connectivity index (χ4n) is 3.14. The van der Waals surface area contributed by atoms with Crippen LogP contribution in [0.1, 0.15) is 29.8 Å². The number of hydrogen-bond donors (Lipinski definition) is 0.